The van der Waals surface area contributed by atoms with Crippen LogP contribution in [0, 0.1) is 0 Å². The summed E-state index contributed by atoms with van der Waals surface area (Å²) < 4.78 is 5.13. The van der Waals surface area contributed by atoms with Crippen molar-refractivity contribution in [1.82, 2.24) is 0 Å². The van der Waals surface area contributed by atoms with Gasteiger partial charge in [-0.1, -0.05) is 24.3 Å². The van der Waals surface area contributed by atoms with Crippen molar-refractivity contribution in [3.05, 3.63) is 59.7 Å². The van der Waals surface area contributed by atoms with Crippen molar-refractivity contribution in [2.45, 2.75) is 11.3 Å². The van der Waals surface area contributed by atoms with Crippen LogP contribution in [0.5, 0.6) is 5.75 Å². The molecule has 0 saturated carbocycles. The van der Waals surface area contributed by atoms with Crippen molar-refractivity contribution in [2.75, 3.05) is 7.11 Å². The quantitative estimate of drug-likeness (QED) is 0.793. The largest absolute Gasteiger partial charge is 0.497 e. The Kier molecular flexibility index (Phi) is 3.52. The van der Waals surface area contributed by atoms with Crippen LogP contribution in [0.3, 0.4) is 0 Å². The summed E-state index contributed by atoms with van der Waals surface area (Å²) in [5.74, 6) is 0.898. The molecule has 0 radical (unpaired) electrons. The van der Waals surface area contributed by atoms with E-state index in [0.717, 1.165) is 17.1 Å². The van der Waals surface area contributed by atoms with Gasteiger partial charge in [-0.25, -0.2) is 0 Å². The summed E-state index contributed by atoms with van der Waals surface area (Å²) in [6.45, 7) is 0. The molecule has 0 fully saturated rings. The lowest BCUT2D eigenvalue weighted by atomic mass is 10.1. The number of hydrogen-bond acceptors (Lipinski definition) is 2. The third-order valence-corrected chi connectivity index (χ3v) is 2.80. The molecule has 0 amide bonds. The van der Waals surface area contributed by atoms with E-state index in [-0.39, 0.29) is 0 Å². The fourth-order valence-corrected chi connectivity index (χ4v) is 1.74. The molecule has 2 aromatic rings. The molecule has 0 aliphatic carbocycles. The van der Waals surface area contributed by atoms with Gasteiger partial charge in [-0.15, -0.1) is 12.6 Å². The molecule has 0 spiro atoms. The van der Waals surface area contributed by atoms with E-state index in [9.17, 15) is 0 Å². The molecule has 2 heteroatoms. The highest BCUT2D eigenvalue weighted by Crippen LogP contribution is 2.16. The Bertz CT molecular complexity index is 445. The van der Waals surface area contributed by atoms with Crippen LogP contribution in [0.1, 0.15) is 11.1 Å². The second-order valence-electron chi connectivity index (χ2n) is 3.69. The molecule has 1 nitrogen and oxygen atoms in total. The third kappa shape index (κ3) is 2.80. The Morgan fingerprint density at radius 2 is 1.38 bits per heavy atom. The van der Waals surface area contributed by atoms with Gasteiger partial charge in [-0.3, -0.25) is 0 Å². The molecule has 16 heavy (non-hydrogen) atoms. The van der Waals surface area contributed by atoms with Crippen LogP contribution < -0.4 is 4.74 Å². The molecule has 82 valence electrons. The van der Waals surface area contributed by atoms with Crippen molar-refractivity contribution >= 4 is 12.6 Å². The first-order chi connectivity index (χ1) is 7.78. The van der Waals surface area contributed by atoms with E-state index in [0.29, 0.717) is 0 Å². The van der Waals surface area contributed by atoms with Gasteiger partial charge < -0.3 is 4.74 Å². The summed E-state index contributed by atoms with van der Waals surface area (Å²) >= 11 is 4.27. The predicted octanol–water partition coefficient (Wildman–Crippen LogP) is 3.57. The second-order valence-corrected chi connectivity index (χ2v) is 4.21. The van der Waals surface area contributed by atoms with E-state index in [2.05, 4.69) is 36.9 Å². The maximum Gasteiger partial charge on any atom is 0.118 e. The van der Waals surface area contributed by atoms with Crippen molar-refractivity contribution in [3.63, 3.8) is 0 Å². The number of benzene rings is 2. The zero-order chi connectivity index (χ0) is 11.4. The Morgan fingerprint density at radius 1 is 0.875 bits per heavy atom. The number of rotatable bonds is 3. The number of thiol groups is 1. The Labute approximate surface area is 101 Å². The van der Waals surface area contributed by atoms with Gasteiger partial charge in [0.1, 0.15) is 5.75 Å². The lowest BCUT2D eigenvalue weighted by Crippen LogP contribution is -1.88. The average molecular weight is 230 g/mol. The molecular formula is C14H14OS. The summed E-state index contributed by atoms with van der Waals surface area (Å²) in [5, 5.41) is 0. The average Bonchev–Trinajstić information content (AvgIpc) is 2.33. The van der Waals surface area contributed by atoms with E-state index < -0.39 is 0 Å². The minimum absolute atomic E-state index is 0.898. The molecule has 0 N–H and O–H groups in total. The van der Waals surface area contributed by atoms with Crippen LogP contribution in [0.2, 0.25) is 0 Å². The summed E-state index contributed by atoms with van der Waals surface area (Å²) in [6, 6.07) is 16.4. The van der Waals surface area contributed by atoms with Gasteiger partial charge in [0.05, 0.1) is 7.11 Å². The molecule has 0 saturated heterocycles. The number of methoxy groups -OCH3 is 1. The molecule has 2 aromatic carbocycles. The van der Waals surface area contributed by atoms with Gasteiger partial charge in [-0.05, 0) is 41.8 Å². The monoisotopic (exact) mass is 230 g/mol. The molecule has 0 aliphatic rings. The van der Waals surface area contributed by atoms with Gasteiger partial charge in [-0.2, -0.15) is 0 Å². The summed E-state index contributed by atoms with van der Waals surface area (Å²) in [6.07, 6.45) is 0.943. The van der Waals surface area contributed by atoms with Crippen LogP contribution in [-0.2, 0) is 6.42 Å². The fourth-order valence-electron chi connectivity index (χ4n) is 1.59. The molecule has 0 bridgehead atoms. The zero-order valence-electron chi connectivity index (χ0n) is 9.18. The van der Waals surface area contributed by atoms with Crippen LogP contribution in [0.25, 0.3) is 0 Å². The third-order valence-electron chi connectivity index (χ3n) is 2.50. The van der Waals surface area contributed by atoms with Gasteiger partial charge >= 0.3 is 0 Å². The molecule has 0 unspecified atom stereocenters. The van der Waals surface area contributed by atoms with Crippen molar-refractivity contribution in [1.29, 1.82) is 0 Å². The highest BCUT2D eigenvalue weighted by atomic mass is 32.1. The topological polar surface area (TPSA) is 9.23 Å². The van der Waals surface area contributed by atoms with E-state index in [4.69, 9.17) is 4.74 Å². The standard InChI is InChI=1S/C14H14OS/c1-15-13-6-2-11(3-7-13)10-12-4-8-14(16)9-5-12/h2-9,16H,10H2,1H3. The number of ether oxygens (including phenoxy) is 1. The smallest absolute Gasteiger partial charge is 0.118 e. The first kappa shape index (κ1) is 11.1. The van der Waals surface area contributed by atoms with E-state index >= 15 is 0 Å². The Balaban J connectivity index is 2.11. The minimum Gasteiger partial charge on any atom is -0.497 e. The minimum atomic E-state index is 0.898. The molecule has 0 aliphatic heterocycles. The maximum atomic E-state index is 5.13. The summed E-state index contributed by atoms with van der Waals surface area (Å²) in [5.41, 5.74) is 2.58. The molecule has 2 rings (SSSR count). The van der Waals surface area contributed by atoms with Crippen molar-refractivity contribution < 1.29 is 4.74 Å². The fraction of sp³-hybridized carbons (Fsp3) is 0.143. The molecule has 0 heterocycles. The lowest BCUT2D eigenvalue weighted by Gasteiger charge is -2.04. The van der Waals surface area contributed by atoms with Crippen LogP contribution in [-0.4, -0.2) is 7.11 Å². The molecular weight excluding hydrogens is 216 g/mol. The number of hydrogen-bond donors (Lipinski definition) is 1. The second kappa shape index (κ2) is 5.08. The van der Waals surface area contributed by atoms with Gasteiger partial charge in [0, 0.05) is 4.90 Å². The normalized spacial score (nSPS) is 10.1. The highest BCUT2D eigenvalue weighted by Gasteiger charge is 1.97. The Morgan fingerprint density at radius 3 is 1.88 bits per heavy atom. The van der Waals surface area contributed by atoms with Crippen LogP contribution in [0.4, 0.5) is 0 Å². The van der Waals surface area contributed by atoms with Crippen molar-refractivity contribution in [3.8, 4) is 5.75 Å². The lowest BCUT2D eigenvalue weighted by molar-refractivity contribution is 0.414. The first-order valence-electron chi connectivity index (χ1n) is 5.19. The highest BCUT2D eigenvalue weighted by molar-refractivity contribution is 7.80. The van der Waals surface area contributed by atoms with Gasteiger partial charge in [0.25, 0.3) is 0 Å². The zero-order valence-corrected chi connectivity index (χ0v) is 10.1. The predicted molar refractivity (Wildman–Crippen MR) is 69.5 cm³/mol. The van der Waals surface area contributed by atoms with Crippen LogP contribution in [0.15, 0.2) is 53.4 Å². The maximum absolute atomic E-state index is 5.13. The van der Waals surface area contributed by atoms with Gasteiger partial charge in [0.2, 0.25) is 0 Å². The molecule has 0 aromatic heterocycles. The molecule has 0 atom stereocenters. The van der Waals surface area contributed by atoms with Gasteiger partial charge in [0.15, 0.2) is 0 Å². The SMILES string of the molecule is COc1ccc(Cc2ccc(S)cc2)cc1. The van der Waals surface area contributed by atoms with Crippen molar-refractivity contribution in [2.24, 2.45) is 0 Å². The van der Waals surface area contributed by atoms with Crippen LogP contribution >= 0.6 is 12.6 Å². The summed E-state index contributed by atoms with van der Waals surface area (Å²) in [7, 11) is 1.68. The van der Waals surface area contributed by atoms with E-state index in [1.165, 1.54) is 11.1 Å². The first-order valence-corrected chi connectivity index (χ1v) is 5.63. The van der Waals surface area contributed by atoms with E-state index in [1.807, 2.05) is 24.3 Å². The summed E-state index contributed by atoms with van der Waals surface area (Å²) in [4.78, 5) is 0.999. The Hall–Kier alpha value is -1.41. The van der Waals surface area contributed by atoms with E-state index in [1.54, 1.807) is 7.11 Å².